The standard InChI is InChI=1S/C59H56N4O8/c1-38(40-18-8-4-9-19-40)61-57(69)62-47-31-26-39(32-35-58(70)33-16-2-3-17-34-58)36-46(47)59(56(62)68)49(54(66)60-37-48(65)41-20-10-5-11-21-41)51-55(67)71-52(43-24-14-7-15-25-43)50(42-22-12-6-13-23-42)63(51)53(59)44-27-29-45(64)30-28-44/h4-15,18-31,36,38,48-53,64-65,70H,2-3,16-17,33-34,37H2,1H3,(H,60,66)(H,61,69). The van der Waals surface area contributed by atoms with E-state index in [0.717, 1.165) is 41.7 Å². The van der Waals surface area contributed by atoms with Gasteiger partial charge in [0.1, 0.15) is 28.9 Å². The van der Waals surface area contributed by atoms with Gasteiger partial charge in [0.05, 0.1) is 35.8 Å². The van der Waals surface area contributed by atoms with Crippen LogP contribution < -0.4 is 15.5 Å². The molecule has 4 amide bonds. The van der Waals surface area contributed by atoms with Crippen molar-refractivity contribution in [2.75, 3.05) is 11.4 Å². The molecule has 1 saturated carbocycles. The Balaban J connectivity index is 1.23. The van der Waals surface area contributed by atoms with Gasteiger partial charge in [-0.1, -0.05) is 158 Å². The number of rotatable bonds is 9. The molecular weight excluding hydrogens is 893 g/mol. The molecule has 0 aromatic heterocycles. The van der Waals surface area contributed by atoms with Crippen molar-refractivity contribution in [1.82, 2.24) is 15.5 Å². The van der Waals surface area contributed by atoms with Crippen LogP contribution in [0, 0.1) is 17.8 Å². The molecular formula is C59H56N4O8. The van der Waals surface area contributed by atoms with Gasteiger partial charge in [-0.05, 0) is 96.3 Å². The van der Waals surface area contributed by atoms with Gasteiger partial charge in [-0.2, -0.15) is 0 Å². The van der Waals surface area contributed by atoms with E-state index in [1.165, 1.54) is 12.1 Å². The molecule has 3 fully saturated rings. The lowest BCUT2D eigenvalue weighted by molar-refractivity contribution is -0.178. The fourth-order valence-corrected chi connectivity index (χ4v) is 11.4. The van der Waals surface area contributed by atoms with Crippen molar-refractivity contribution in [2.24, 2.45) is 5.92 Å². The Morgan fingerprint density at radius 1 is 0.732 bits per heavy atom. The third-order valence-corrected chi connectivity index (χ3v) is 14.8. The predicted molar refractivity (Wildman–Crippen MR) is 267 cm³/mol. The summed E-state index contributed by atoms with van der Waals surface area (Å²) in [5.41, 5.74) is 0.731. The SMILES string of the molecule is CC(NC(=O)N1C(=O)C2(c3cc(C#CC4(O)CCCCCC4)ccc31)C(C(=O)NCC(O)c1ccccc1)C1C(=O)OC(c3ccccc3)C(c3ccccc3)N1C2c1ccc(O)cc1)c1ccccc1. The number of ether oxygens (including phenoxy) is 1. The van der Waals surface area contributed by atoms with Crippen LogP contribution >= 0.6 is 0 Å². The van der Waals surface area contributed by atoms with Gasteiger partial charge in [0.2, 0.25) is 11.8 Å². The first-order chi connectivity index (χ1) is 34.5. The molecule has 1 spiro atoms. The van der Waals surface area contributed by atoms with E-state index in [9.17, 15) is 15.3 Å². The number of carbonyl (C=O) groups excluding carboxylic acids is 4. The summed E-state index contributed by atoms with van der Waals surface area (Å²) in [6, 6.07) is 43.6. The second-order valence-electron chi connectivity index (χ2n) is 19.2. The highest BCUT2D eigenvalue weighted by molar-refractivity contribution is 6.24. The number of carbonyl (C=O) groups is 4. The summed E-state index contributed by atoms with van der Waals surface area (Å²) in [5.74, 6) is 2.46. The Kier molecular flexibility index (Phi) is 13.1. The molecule has 1 aliphatic carbocycles. The topological polar surface area (TPSA) is 169 Å². The van der Waals surface area contributed by atoms with Gasteiger partial charge in [0.25, 0.3) is 0 Å². The third-order valence-electron chi connectivity index (χ3n) is 14.8. The first-order valence-electron chi connectivity index (χ1n) is 24.5. The van der Waals surface area contributed by atoms with Crippen LogP contribution in [0.15, 0.2) is 164 Å². The molecule has 2 saturated heterocycles. The number of hydrogen-bond acceptors (Lipinski definition) is 9. The lowest BCUT2D eigenvalue weighted by atomic mass is 9.65. The number of nitrogens with zero attached hydrogens (tertiary/aromatic N) is 2. The number of esters is 1. The number of fused-ring (bicyclic) bond motifs is 3. The maximum absolute atomic E-state index is 16.7. The van der Waals surface area contributed by atoms with Gasteiger partial charge in [-0.3, -0.25) is 19.3 Å². The zero-order valence-electron chi connectivity index (χ0n) is 39.4. The second kappa shape index (κ2) is 19.7. The first-order valence-corrected chi connectivity index (χ1v) is 24.5. The number of benzene rings is 6. The summed E-state index contributed by atoms with van der Waals surface area (Å²) >= 11 is 0. The molecule has 6 aromatic rings. The van der Waals surface area contributed by atoms with E-state index in [4.69, 9.17) is 4.74 Å². The van der Waals surface area contributed by atoms with Crippen LogP contribution in [-0.4, -0.2) is 62.2 Å². The zero-order chi connectivity index (χ0) is 49.3. The lowest BCUT2D eigenvalue weighted by Gasteiger charge is -2.46. The van der Waals surface area contributed by atoms with Crippen molar-refractivity contribution >= 4 is 29.5 Å². The largest absolute Gasteiger partial charge is 0.508 e. The van der Waals surface area contributed by atoms with E-state index < -0.39 is 77.1 Å². The predicted octanol–water partition coefficient (Wildman–Crippen LogP) is 8.82. The Morgan fingerprint density at radius 2 is 1.32 bits per heavy atom. The van der Waals surface area contributed by atoms with Gasteiger partial charge in [-0.25, -0.2) is 9.69 Å². The van der Waals surface area contributed by atoms with Gasteiger partial charge in [-0.15, -0.1) is 0 Å². The quantitative estimate of drug-likeness (QED) is 0.0541. The number of imide groups is 1. The van der Waals surface area contributed by atoms with Crippen LogP contribution in [0.2, 0.25) is 0 Å². The monoisotopic (exact) mass is 948 g/mol. The maximum atomic E-state index is 16.7. The number of urea groups is 1. The second-order valence-corrected chi connectivity index (χ2v) is 19.2. The maximum Gasteiger partial charge on any atom is 0.329 e. The van der Waals surface area contributed by atoms with Gasteiger partial charge >= 0.3 is 12.0 Å². The summed E-state index contributed by atoms with van der Waals surface area (Å²) in [6.07, 6.45) is 2.53. The van der Waals surface area contributed by atoms with Crippen molar-refractivity contribution in [3.63, 3.8) is 0 Å². The van der Waals surface area contributed by atoms with E-state index in [0.29, 0.717) is 35.1 Å². The lowest BCUT2D eigenvalue weighted by Crippen LogP contribution is -2.56. The number of aromatic hydroxyl groups is 1. The third kappa shape index (κ3) is 8.75. The number of amides is 4. The highest BCUT2D eigenvalue weighted by Gasteiger charge is 2.75. The Bertz CT molecular complexity index is 2970. The molecule has 71 heavy (non-hydrogen) atoms. The Hall–Kier alpha value is -7.56. The number of cyclic esters (lactones) is 1. The first kappa shape index (κ1) is 47.1. The highest BCUT2D eigenvalue weighted by Crippen LogP contribution is 2.66. The van der Waals surface area contributed by atoms with Crippen LogP contribution in [0.4, 0.5) is 10.5 Å². The average Bonchev–Trinajstić information content (AvgIpc) is 3.74. The molecule has 4 aliphatic rings. The molecule has 5 N–H and O–H groups in total. The summed E-state index contributed by atoms with van der Waals surface area (Å²) in [4.78, 5) is 66.0. The molecule has 8 atom stereocenters. The van der Waals surface area contributed by atoms with E-state index in [-0.39, 0.29) is 23.5 Å². The van der Waals surface area contributed by atoms with Crippen LogP contribution in [-0.2, 0) is 24.5 Å². The van der Waals surface area contributed by atoms with Gasteiger partial charge < -0.3 is 30.7 Å². The molecule has 12 heteroatoms. The normalized spacial score (nSPS) is 24.3. The molecule has 360 valence electrons. The highest BCUT2D eigenvalue weighted by atomic mass is 16.6. The summed E-state index contributed by atoms with van der Waals surface area (Å²) in [7, 11) is 0. The number of hydrogen-bond donors (Lipinski definition) is 5. The molecule has 3 heterocycles. The number of nitrogens with one attached hydrogen (secondary N) is 2. The molecule has 12 nitrogen and oxygen atoms in total. The number of aliphatic hydroxyl groups excluding tert-OH is 1. The van der Waals surface area contributed by atoms with E-state index in [1.807, 2.05) is 109 Å². The number of aliphatic hydroxyl groups is 2. The molecule has 6 aromatic carbocycles. The van der Waals surface area contributed by atoms with Gasteiger partial charge in [0, 0.05) is 12.1 Å². The van der Waals surface area contributed by atoms with Crippen LogP contribution in [0.1, 0.15) is 115 Å². The summed E-state index contributed by atoms with van der Waals surface area (Å²) in [6.45, 7) is 1.54. The Labute approximate surface area is 413 Å². The summed E-state index contributed by atoms with van der Waals surface area (Å²) in [5, 5.41) is 40.1. The number of morpholine rings is 1. The fourth-order valence-electron chi connectivity index (χ4n) is 11.4. The van der Waals surface area contributed by atoms with Crippen molar-refractivity contribution in [3.8, 4) is 17.6 Å². The van der Waals surface area contributed by atoms with Crippen molar-refractivity contribution in [3.05, 3.63) is 203 Å². The van der Waals surface area contributed by atoms with Crippen LogP contribution in [0.25, 0.3) is 0 Å². The Morgan fingerprint density at radius 3 is 1.96 bits per heavy atom. The van der Waals surface area contributed by atoms with Crippen molar-refractivity contribution in [1.29, 1.82) is 0 Å². The van der Waals surface area contributed by atoms with E-state index in [2.05, 4.69) is 22.5 Å². The smallest absolute Gasteiger partial charge is 0.329 e. The molecule has 0 radical (unpaired) electrons. The molecule has 3 aliphatic heterocycles. The van der Waals surface area contributed by atoms with E-state index in [1.54, 1.807) is 54.6 Å². The van der Waals surface area contributed by atoms with Gasteiger partial charge in [0.15, 0.2) is 0 Å². The number of anilines is 1. The van der Waals surface area contributed by atoms with Crippen LogP contribution in [0.5, 0.6) is 5.75 Å². The number of phenolic OH excluding ortho intramolecular Hbond substituents is 1. The zero-order valence-corrected chi connectivity index (χ0v) is 39.4. The minimum Gasteiger partial charge on any atom is -0.508 e. The minimum absolute atomic E-state index is 0.0515. The van der Waals surface area contributed by atoms with E-state index >= 15 is 19.2 Å². The molecule has 10 rings (SSSR count). The van der Waals surface area contributed by atoms with Crippen molar-refractivity contribution < 1.29 is 39.2 Å². The average molecular weight is 949 g/mol. The minimum atomic E-state index is -2.10. The number of phenols is 1. The summed E-state index contributed by atoms with van der Waals surface area (Å²) < 4.78 is 6.58. The molecule has 0 bridgehead atoms. The molecule has 8 unspecified atom stereocenters. The fraction of sp³-hybridized carbons (Fsp3) is 0.288. The van der Waals surface area contributed by atoms with Crippen LogP contribution in [0.3, 0.4) is 0 Å². The van der Waals surface area contributed by atoms with Crippen molar-refractivity contribution in [2.45, 2.75) is 92.8 Å².